The topological polar surface area (TPSA) is 52.1 Å². The Balaban J connectivity index is 2.24. The highest BCUT2D eigenvalue weighted by Crippen LogP contribution is 2.06. The zero-order valence-electron chi connectivity index (χ0n) is 16.0. The molecule has 23 heavy (non-hydrogen) atoms. The van der Waals surface area contributed by atoms with Crippen molar-refractivity contribution in [1.29, 1.82) is 0 Å². The molecule has 0 spiro atoms. The van der Waals surface area contributed by atoms with Gasteiger partial charge in [0.15, 0.2) is 5.96 Å². The molecular formula is C17H37N5O. The summed E-state index contributed by atoms with van der Waals surface area (Å²) in [6.45, 7) is 17.4. The number of aliphatic imine (C=N–C) groups is 1. The molecule has 1 fully saturated rings. The van der Waals surface area contributed by atoms with Gasteiger partial charge in [0.1, 0.15) is 0 Å². The molecule has 6 nitrogen and oxygen atoms in total. The van der Waals surface area contributed by atoms with E-state index in [0.29, 0.717) is 5.92 Å². The molecule has 1 aliphatic heterocycles. The van der Waals surface area contributed by atoms with Gasteiger partial charge in [0.2, 0.25) is 0 Å². The summed E-state index contributed by atoms with van der Waals surface area (Å²) in [6.07, 6.45) is 0. The third-order valence-electron chi connectivity index (χ3n) is 4.56. The van der Waals surface area contributed by atoms with Gasteiger partial charge in [-0.25, -0.2) is 0 Å². The first kappa shape index (κ1) is 20.2. The van der Waals surface area contributed by atoms with Crippen LogP contribution in [0.4, 0.5) is 0 Å². The smallest absolute Gasteiger partial charge is 0.191 e. The molecule has 1 aliphatic rings. The number of piperazine rings is 1. The van der Waals surface area contributed by atoms with Crippen LogP contribution < -0.4 is 10.6 Å². The van der Waals surface area contributed by atoms with E-state index in [4.69, 9.17) is 4.74 Å². The van der Waals surface area contributed by atoms with Gasteiger partial charge < -0.3 is 25.2 Å². The number of nitrogens with zero attached hydrogens (tertiary/aromatic N) is 3. The van der Waals surface area contributed by atoms with E-state index in [1.165, 1.54) is 32.7 Å². The van der Waals surface area contributed by atoms with Crippen LogP contribution in [0, 0.1) is 5.92 Å². The number of nitrogens with one attached hydrogen (secondary N) is 2. The Kier molecular flexibility index (Phi) is 8.87. The zero-order chi connectivity index (χ0) is 17.3. The lowest BCUT2D eigenvalue weighted by atomic mass is 10.1. The highest BCUT2D eigenvalue weighted by Gasteiger charge is 2.18. The van der Waals surface area contributed by atoms with Crippen molar-refractivity contribution in [2.24, 2.45) is 10.9 Å². The van der Waals surface area contributed by atoms with E-state index in [0.717, 1.165) is 25.6 Å². The molecule has 0 aromatic rings. The van der Waals surface area contributed by atoms with E-state index in [-0.39, 0.29) is 5.60 Å². The molecule has 1 atom stereocenters. The Morgan fingerprint density at radius 2 is 1.78 bits per heavy atom. The summed E-state index contributed by atoms with van der Waals surface area (Å²) in [7, 11) is 3.54. The van der Waals surface area contributed by atoms with Gasteiger partial charge in [0.25, 0.3) is 0 Å². The van der Waals surface area contributed by atoms with Crippen molar-refractivity contribution in [2.45, 2.75) is 33.3 Å². The zero-order valence-corrected chi connectivity index (χ0v) is 16.0. The molecule has 1 rings (SSSR count). The maximum Gasteiger partial charge on any atom is 0.191 e. The van der Waals surface area contributed by atoms with E-state index in [1.807, 2.05) is 7.05 Å². The Labute approximate surface area is 142 Å². The van der Waals surface area contributed by atoms with Crippen molar-refractivity contribution in [2.75, 3.05) is 66.5 Å². The van der Waals surface area contributed by atoms with Gasteiger partial charge in [-0.05, 0) is 26.3 Å². The lowest BCUT2D eigenvalue weighted by Gasteiger charge is -2.35. The maximum atomic E-state index is 5.42. The lowest BCUT2D eigenvalue weighted by molar-refractivity contribution is 0.0268. The first-order valence-corrected chi connectivity index (χ1v) is 8.84. The fourth-order valence-electron chi connectivity index (χ4n) is 2.65. The van der Waals surface area contributed by atoms with Gasteiger partial charge >= 0.3 is 0 Å². The molecule has 1 unspecified atom stereocenters. The van der Waals surface area contributed by atoms with Gasteiger partial charge in [0, 0.05) is 60.0 Å². The average Bonchev–Trinajstić information content (AvgIpc) is 2.55. The van der Waals surface area contributed by atoms with E-state index in [2.05, 4.69) is 53.1 Å². The number of methoxy groups -OCH3 is 1. The Bertz CT molecular complexity index is 351. The van der Waals surface area contributed by atoms with E-state index in [1.54, 1.807) is 7.11 Å². The second-order valence-corrected chi connectivity index (χ2v) is 7.11. The molecule has 0 radical (unpaired) electrons. The summed E-state index contributed by atoms with van der Waals surface area (Å²) in [5.74, 6) is 1.44. The monoisotopic (exact) mass is 327 g/mol. The molecule has 2 N–H and O–H groups in total. The van der Waals surface area contributed by atoms with Gasteiger partial charge in [0.05, 0.1) is 5.60 Å². The third-order valence-corrected chi connectivity index (χ3v) is 4.56. The summed E-state index contributed by atoms with van der Waals surface area (Å²) in [4.78, 5) is 9.37. The van der Waals surface area contributed by atoms with Crippen LogP contribution in [-0.2, 0) is 4.74 Å². The van der Waals surface area contributed by atoms with Crippen LogP contribution in [0.25, 0.3) is 0 Å². The molecule has 1 saturated heterocycles. The molecule has 0 aromatic heterocycles. The minimum atomic E-state index is -0.192. The Morgan fingerprint density at radius 1 is 1.17 bits per heavy atom. The molecule has 0 bridgehead atoms. The first-order chi connectivity index (χ1) is 10.9. The number of hydrogen-bond donors (Lipinski definition) is 2. The summed E-state index contributed by atoms with van der Waals surface area (Å²) < 4.78 is 5.42. The second kappa shape index (κ2) is 10.1. The highest BCUT2D eigenvalue weighted by atomic mass is 16.5. The van der Waals surface area contributed by atoms with Crippen LogP contribution in [0.5, 0.6) is 0 Å². The summed E-state index contributed by atoms with van der Waals surface area (Å²) in [6, 6.07) is 0. The van der Waals surface area contributed by atoms with Gasteiger partial charge in [-0.1, -0.05) is 13.8 Å². The third kappa shape index (κ3) is 7.99. The van der Waals surface area contributed by atoms with Crippen molar-refractivity contribution in [3.05, 3.63) is 0 Å². The van der Waals surface area contributed by atoms with Crippen molar-refractivity contribution in [1.82, 2.24) is 20.4 Å². The highest BCUT2D eigenvalue weighted by molar-refractivity contribution is 5.79. The standard InChI is InChI=1S/C17H37N5O/c1-7-21-8-10-22(11-9-21)13-15(2)12-19-16(18-5)20-14-17(3,4)23-6/h15H,7-14H2,1-6H3,(H2,18,19,20). The number of likely N-dealkylation sites (N-methyl/N-ethyl adjacent to an activating group) is 1. The maximum absolute atomic E-state index is 5.42. The molecule has 1 heterocycles. The minimum Gasteiger partial charge on any atom is -0.377 e. The van der Waals surface area contributed by atoms with Crippen molar-refractivity contribution >= 4 is 5.96 Å². The SMILES string of the molecule is CCN1CCN(CC(C)CNC(=NC)NCC(C)(C)OC)CC1. The lowest BCUT2D eigenvalue weighted by Crippen LogP contribution is -2.49. The molecule has 6 heteroatoms. The van der Waals surface area contributed by atoms with Crippen LogP contribution in [0.2, 0.25) is 0 Å². The average molecular weight is 328 g/mol. The van der Waals surface area contributed by atoms with Crippen LogP contribution >= 0.6 is 0 Å². The number of rotatable bonds is 8. The molecule has 0 aromatic carbocycles. The normalized spacial score (nSPS) is 19.7. The van der Waals surface area contributed by atoms with E-state index >= 15 is 0 Å². The molecule has 0 saturated carbocycles. The van der Waals surface area contributed by atoms with E-state index < -0.39 is 0 Å². The van der Waals surface area contributed by atoms with E-state index in [9.17, 15) is 0 Å². The largest absolute Gasteiger partial charge is 0.377 e. The predicted molar refractivity (Wildman–Crippen MR) is 98.2 cm³/mol. The second-order valence-electron chi connectivity index (χ2n) is 7.11. The van der Waals surface area contributed by atoms with Crippen LogP contribution in [0.1, 0.15) is 27.7 Å². The van der Waals surface area contributed by atoms with Crippen molar-refractivity contribution < 1.29 is 4.74 Å². The molecule has 0 amide bonds. The van der Waals surface area contributed by atoms with Crippen molar-refractivity contribution in [3.8, 4) is 0 Å². The summed E-state index contributed by atoms with van der Waals surface area (Å²) in [5, 5.41) is 6.75. The minimum absolute atomic E-state index is 0.192. The first-order valence-electron chi connectivity index (χ1n) is 8.84. The quantitative estimate of drug-likeness (QED) is 0.511. The summed E-state index contributed by atoms with van der Waals surface area (Å²) >= 11 is 0. The molecular weight excluding hydrogens is 290 g/mol. The predicted octanol–water partition coefficient (Wildman–Crippen LogP) is 0.850. The summed E-state index contributed by atoms with van der Waals surface area (Å²) in [5.41, 5.74) is -0.192. The fourth-order valence-corrected chi connectivity index (χ4v) is 2.65. The number of guanidine groups is 1. The fraction of sp³-hybridized carbons (Fsp3) is 0.941. The van der Waals surface area contributed by atoms with Crippen LogP contribution in [0.3, 0.4) is 0 Å². The van der Waals surface area contributed by atoms with Gasteiger partial charge in [-0.3, -0.25) is 4.99 Å². The number of hydrogen-bond acceptors (Lipinski definition) is 4. The Morgan fingerprint density at radius 3 is 2.30 bits per heavy atom. The van der Waals surface area contributed by atoms with Crippen LogP contribution in [0.15, 0.2) is 4.99 Å². The van der Waals surface area contributed by atoms with Crippen LogP contribution in [-0.4, -0.2) is 87.9 Å². The van der Waals surface area contributed by atoms with Gasteiger partial charge in [-0.2, -0.15) is 0 Å². The molecule has 0 aliphatic carbocycles. The Hall–Kier alpha value is -0.850. The molecule has 136 valence electrons. The number of ether oxygens (including phenoxy) is 1. The van der Waals surface area contributed by atoms with Crippen molar-refractivity contribution in [3.63, 3.8) is 0 Å². The van der Waals surface area contributed by atoms with Gasteiger partial charge in [-0.15, -0.1) is 0 Å².